The van der Waals surface area contributed by atoms with E-state index >= 15 is 0 Å². The van der Waals surface area contributed by atoms with Crippen molar-refractivity contribution < 1.29 is 14.6 Å². The van der Waals surface area contributed by atoms with Crippen molar-refractivity contribution in [2.45, 2.75) is 25.4 Å². The largest absolute Gasteiger partial charge is 0.478 e. The lowest BCUT2D eigenvalue weighted by molar-refractivity contribution is -0.131. The highest BCUT2D eigenvalue weighted by Gasteiger charge is 2.16. The first kappa shape index (κ1) is 8.27. The SMILES string of the molecule is O=C(O)/C=C/COC1CCC1. The smallest absolute Gasteiger partial charge is 0.328 e. The molecule has 62 valence electrons. The van der Waals surface area contributed by atoms with Gasteiger partial charge in [0.15, 0.2) is 0 Å². The Bertz CT molecular complexity index is 159. The maximum Gasteiger partial charge on any atom is 0.328 e. The Balaban J connectivity index is 1.98. The van der Waals surface area contributed by atoms with E-state index in [1.54, 1.807) is 0 Å². The normalized spacial score (nSPS) is 18.5. The van der Waals surface area contributed by atoms with E-state index < -0.39 is 5.97 Å². The lowest BCUT2D eigenvalue weighted by atomic mass is 9.96. The number of carbonyl (C=O) groups is 1. The topological polar surface area (TPSA) is 46.5 Å². The van der Waals surface area contributed by atoms with Crippen molar-refractivity contribution in [2.75, 3.05) is 6.61 Å². The molecule has 0 atom stereocenters. The molecule has 0 unspecified atom stereocenters. The van der Waals surface area contributed by atoms with Crippen molar-refractivity contribution in [1.82, 2.24) is 0 Å². The van der Waals surface area contributed by atoms with Crippen LogP contribution in [0.25, 0.3) is 0 Å². The summed E-state index contributed by atoms with van der Waals surface area (Å²) in [6.07, 6.45) is 6.52. The van der Waals surface area contributed by atoms with Gasteiger partial charge in [-0.2, -0.15) is 0 Å². The van der Waals surface area contributed by atoms with Crippen molar-refractivity contribution in [3.63, 3.8) is 0 Å². The molecule has 3 heteroatoms. The molecule has 11 heavy (non-hydrogen) atoms. The highest BCUT2D eigenvalue weighted by molar-refractivity contribution is 5.79. The quantitative estimate of drug-likeness (QED) is 0.622. The van der Waals surface area contributed by atoms with Crippen LogP contribution in [0.15, 0.2) is 12.2 Å². The van der Waals surface area contributed by atoms with Gasteiger partial charge in [-0.05, 0) is 19.3 Å². The molecule has 0 saturated heterocycles. The van der Waals surface area contributed by atoms with Gasteiger partial charge in [0.1, 0.15) is 0 Å². The molecule has 0 aromatic rings. The van der Waals surface area contributed by atoms with Crippen LogP contribution in [0.4, 0.5) is 0 Å². The van der Waals surface area contributed by atoms with Gasteiger partial charge in [0.25, 0.3) is 0 Å². The minimum absolute atomic E-state index is 0.383. The average Bonchev–Trinajstić information content (AvgIpc) is 1.82. The van der Waals surface area contributed by atoms with E-state index in [1.807, 2.05) is 0 Å². The first-order chi connectivity index (χ1) is 5.29. The van der Waals surface area contributed by atoms with Crippen LogP contribution in [0.1, 0.15) is 19.3 Å². The number of aliphatic carboxylic acids is 1. The maximum atomic E-state index is 9.99. The number of hydrogen-bond donors (Lipinski definition) is 1. The minimum atomic E-state index is -0.915. The van der Waals surface area contributed by atoms with Crippen molar-refractivity contribution in [2.24, 2.45) is 0 Å². The third-order valence-corrected chi connectivity index (χ3v) is 1.74. The summed E-state index contributed by atoms with van der Waals surface area (Å²) in [4.78, 5) is 9.99. The molecule has 0 heterocycles. The molecule has 0 bridgehead atoms. The van der Waals surface area contributed by atoms with Gasteiger partial charge in [-0.15, -0.1) is 0 Å². The Labute approximate surface area is 65.7 Å². The fourth-order valence-electron chi connectivity index (χ4n) is 0.878. The Hall–Kier alpha value is -0.830. The number of carboxylic acids is 1. The fraction of sp³-hybridized carbons (Fsp3) is 0.625. The highest BCUT2D eigenvalue weighted by atomic mass is 16.5. The van der Waals surface area contributed by atoms with Gasteiger partial charge >= 0.3 is 5.97 Å². The summed E-state index contributed by atoms with van der Waals surface area (Å²) in [5, 5.41) is 8.21. The van der Waals surface area contributed by atoms with Gasteiger partial charge in [-0.25, -0.2) is 4.79 Å². The molecule has 0 spiro atoms. The van der Waals surface area contributed by atoms with Crippen molar-refractivity contribution in [3.05, 3.63) is 12.2 Å². The van der Waals surface area contributed by atoms with Crippen LogP contribution in [0.5, 0.6) is 0 Å². The molecule has 1 N–H and O–H groups in total. The monoisotopic (exact) mass is 156 g/mol. The van der Waals surface area contributed by atoms with Crippen LogP contribution in [-0.4, -0.2) is 23.8 Å². The molecule has 0 radical (unpaired) electrons. The summed E-state index contributed by atoms with van der Waals surface area (Å²) in [5.74, 6) is -0.915. The van der Waals surface area contributed by atoms with Gasteiger partial charge in [-0.3, -0.25) is 0 Å². The first-order valence-electron chi connectivity index (χ1n) is 3.80. The Morgan fingerprint density at radius 2 is 2.36 bits per heavy atom. The molecule has 1 rings (SSSR count). The molecule has 3 nitrogen and oxygen atoms in total. The molecule has 0 aromatic carbocycles. The first-order valence-corrected chi connectivity index (χ1v) is 3.80. The Morgan fingerprint density at radius 3 is 2.82 bits per heavy atom. The molecule has 0 aromatic heterocycles. The second-order valence-corrected chi connectivity index (χ2v) is 2.63. The predicted molar refractivity (Wildman–Crippen MR) is 40.4 cm³/mol. The highest BCUT2D eigenvalue weighted by Crippen LogP contribution is 2.21. The van der Waals surface area contributed by atoms with E-state index in [9.17, 15) is 4.79 Å². The summed E-state index contributed by atoms with van der Waals surface area (Å²) < 4.78 is 5.28. The number of carboxylic acid groups (broad SMARTS) is 1. The van der Waals surface area contributed by atoms with E-state index in [0.717, 1.165) is 18.9 Å². The van der Waals surface area contributed by atoms with E-state index in [4.69, 9.17) is 9.84 Å². The van der Waals surface area contributed by atoms with E-state index in [-0.39, 0.29) is 0 Å². The second-order valence-electron chi connectivity index (χ2n) is 2.63. The number of rotatable bonds is 4. The standard InChI is InChI=1S/C8H12O3/c9-8(10)5-2-6-11-7-3-1-4-7/h2,5,7H,1,3-4,6H2,(H,9,10)/b5-2+. The third-order valence-electron chi connectivity index (χ3n) is 1.74. The zero-order valence-electron chi connectivity index (χ0n) is 6.32. The third kappa shape index (κ3) is 3.18. The minimum Gasteiger partial charge on any atom is -0.478 e. The summed E-state index contributed by atoms with van der Waals surface area (Å²) >= 11 is 0. The van der Waals surface area contributed by atoms with Gasteiger partial charge in [0, 0.05) is 6.08 Å². The maximum absolute atomic E-state index is 9.99. The van der Waals surface area contributed by atoms with Crippen molar-refractivity contribution in [1.29, 1.82) is 0 Å². The molecule has 0 amide bonds. The van der Waals surface area contributed by atoms with Gasteiger partial charge in [0.2, 0.25) is 0 Å². The van der Waals surface area contributed by atoms with Gasteiger partial charge < -0.3 is 9.84 Å². The number of hydrogen-bond acceptors (Lipinski definition) is 2. The molecular formula is C8H12O3. The zero-order chi connectivity index (χ0) is 8.10. The van der Waals surface area contributed by atoms with Gasteiger partial charge in [0.05, 0.1) is 12.7 Å². The average molecular weight is 156 g/mol. The molecule has 1 aliphatic rings. The zero-order valence-corrected chi connectivity index (χ0v) is 6.32. The van der Waals surface area contributed by atoms with Crippen LogP contribution >= 0.6 is 0 Å². The van der Waals surface area contributed by atoms with Crippen LogP contribution in [0, 0.1) is 0 Å². The summed E-state index contributed by atoms with van der Waals surface area (Å²) in [5.41, 5.74) is 0. The van der Waals surface area contributed by atoms with Crippen LogP contribution in [-0.2, 0) is 9.53 Å². The Kier molecular flexibility index (Phi) is 3.11. The van der Waals surface area contributed by atoms with Crippen LogP contribution in [0.2, 0.25) is 0 Å². The van der Waals surface area contributed by atoms with E-state index in [2.05, 4.69) is 0 Å². The fourth-order valence-corrected chi connectivity index (χ4v) is 0.878. The Morgan fingerprint density at radius 1 is 1.64 bits per heavy atom. The summed E-state index contributed by atoms with van der Waals surface area (Å²) in [6, 6.07) is 0. The molecule has 1 saturated carbocycles. The van der Waals surface area contributed by atoms with Crippen LogP contribution < -0.4 is 0 Å². The molecular weight excluding hydrogens is 144 g/mol. The summed E-state index contributed by atoms with van der Waals surface area (Å²) in [6.45, 7) is 0.428. The lowest BCUT2D eigenvalue weighted by Crippen LogP contribution is -2.21. The number of ether oxygens (including phenoxy) is 1. The summed E-state index contributed by atoms with van der Waals surface area (Å²) in [7, 11) is 0. The van der Waals surface area contributed by atoms with Gasteiger partial charge in [-0.1, -0.05) is 6.08 Å². The van der Waals surface area contributed by atoms with E-state index in [0.29, 0.717) is 12.7 Å². The van der Waals surface area contributed by atoms with Crippen LogP contribution in [0.3, 0.4) is 0 Å². The van der Waals surface area contributed by atoms with Crippen molar-refractivity contribution in [3.8, 4) is 0 Å². The predicted octanol–water partition coefficient (Wildman–Crippen LogP) is 1.20. The second kappa shape index (κ2) is 4.13. The molecule has 1 fully saturated rings. The molecule has 1 aliphatic carbocycles. The van der Waals surface area contributed by atoms with E-state index in [1.165, 1.54) is 12.5 Å². The molecule has 0 aliphatic heterocycles. The lowest BCUT2D eigenvalue weighted by Gasteiger charge is -2.24. The van der Waals surface area contributed by atoms with Crippen molar-refractivity contribution >= 4 is 5.97 Å².